The molecule has 1 aliphatic heterocycles. The third kappa shape index (κ3) is 2.33. The zero-order chi connectivity index (χ0) is 14.9. The SMILES string of the molecule is CN1CCN(Cn2nnc3ccccc32)Cc2ccccc21. The van der Waals surface area contributed by atoms with E-state index >= 15 is 0 Å². The van der Waals surface area contributed by atoms with Crippen LogP contribution >= 0.6 is 0 Å². The maximum atomic E-state index is 4.31. The first kappa shape index (κ1) is 13.3. The zero-order valence-corrected chi connectivity index (χ0v) is 12.7. The van der Waals surface area contributed by atoms with Gasteiger partial charge in [-0.2, -0.15) is 0 Å². The summed E-state index contributed by atoms with van der Waals surface area (Å²) >= 11 is 0. The number of hydrogen-bond acceptors (Lipinski definition) is 4. The van der Waals surface area contributed by atoms with Gasteiger partial charge in [-0.15, -0.1) is 5.10 Å². The predicted molar refractivity (Wildman–Crippen MR) is 87.7 cm³/mol. The number of benzene rings is 2. The van der Waals surface area contributed by atoms with E-state index in [0.717, 1.165) is 37.3 Å². The highest BCUT2D eigenvalue weighted by Gasteiger charge is 2.18. The number of hydrogen-bond donors (Lipinski definition) is 0. The fourth-order valence-corrected chi connectivity index (χ4v) is 3.08. The summed E-state index contributed by atoms with van der Waals surface area (Å²) in [6.45, 7) is 3.74. The molecular weight excluding hydrogens is 274 g/mol. The van der Waals surface area contributed by atoms with E-state index in [1.807, 2.05) is 22.9 Å². The molecule has 4 rings (SSSR count). The van der Waals surface area contributed by atoms with Gasteiger partial charge in [-0.05, 0) is 23.8 Å². The summed E-state index contributed by atoms with van der Waals surface area (Å²) < 4.78 is 1.99. The highest BCUT2D eigenvalue weighted by atomic mass is 15.5. The van der Waals surface area contributed by atoms with E-state index in [4.69, 9.17) is 0 Å². The summed E-state index contributed by atoms with van der Waals surface area (Å²) in [6.07, 6.45) is 0. The molecule has 0 atom stereocenters. The lowest BCUT2D eigenvalue weighted by atomic mass is 10.1. The maximum Gasteiger partial charge on any atom is 0.113 e. The largest absolute Gasteiger partial charge is 0.373 e. The van der Waals surface area contributed by atoms with Gasteiger partial charge in [0, 0.05) is 32.4 Å². The molecule has 0 aliphatic carbocycles. The Kier molecular flexibility index (Phi) is 3.27. The standard InChI is InChI=1S/C17H19N5/c1-20-10-11-21(12-14-6-2-4-8-16(14)20)13-22-17-9-5-3-7-15(17)18-19-22/h2-9H,10-13H2,1H3. The van der Waals surface area contributed by atoms with E-state index in [1.54, 1.807) is 0 Å². The number of rotatable bonds is 2. The van der Waals surface area contributed by atoms with Crippen LogP contribution in [-0.2, 0) is 13.2 Å². The van der Waals surface area contributed by atoms with Gasteiger partial charge >= 0.3 is 0 Å². The summed E-state index contributed by atoms with van der Waals surface area (Å²) in [5.74, 6) is 0. The summed E-state index contributed by atoms with van der Waals surface area (Å²) in [5.41, 5.74) is 4.74. The van der Waals surface area contributed by atoms with Gasteiger partial charge in [0.15, 0.2) is 0 Å². The van der Waals surface area contributed by atoms with Crippen LogP contribution in [0.4, 0.5) is 5.69 Å². The molecule has 1 aliphatic rings. The molecule has 0 bridgehead atoms. The van der Waals surface area contributed by atoms with Gasteiger partial charge in [-0.3, -0.25) is 4.90 Å². The number of para-hydroxylation sites is 2. The van der Waals surface area contributed by atoms with Crippen molar-refractivity contribution in [2.24, 2.45) is 0 Å². The molecule has 22 heavy (non-hydrogen) atoms. The monoisotopic (exact) mass is 293 g/mol. The van der Waals surface area contributed by atoms with Crippen LogP contribution in [-0.4, -0.2) is 40.0 Å². The molecule has 0 radical (unpaired) electrons. The topological polar surface area (TPSA) is 37.2 Å². The van der Waals surface area contributed by atoms with Crippen molar-refractivity contribution >= 4 is 16.7 Å². The van der Waals surface area contributed by atoms with Crippen molar-refractivity contribution in [3.8, 4) is 0 Å². The number of aromatic nitrogens is 3. The smallest absolute Gasteiger partial charge is 0.113 e. The Morgan fingerprint density at radius 3 is 2.77 bits per heavy atom. The Morgan fingerprint density at radius 1 is 1.00 bits per heavy atom. The normalized spacial score (nSPS) is 15.8. The van der Waals surface area contributed by atoms with E-state index in [2.05, 4.69) is 57.5 Å². The molecule has 5 nitrogen and oxygen atoms in total. The fourth-order valence-electron chi connectivity index (χ4n) is 3.08. The van der Waals surface area contributed by atoms with E-state index < -0.39 is 0 Å². The minimum atomic E-state index is 0.767. The number of nitrogens with zero attached hydrogens (tertiary/aromatic N) is 5. The summed E-state index contributed by atoms with van der Waals surface area (Å²) in [5, 5.41) is 8.55. The van der Waals surface area contributed by atoms with Crippen molar-refractivity contribution in [3.63, 3.8) is 0 Å². The molecule has 0 unspecified atom stereocenters. The Balaban J connectivity index is 1.61. The molecule has 3 aromatic rings. The molecule has 2 heterocycles. The Morgan fingerprint density at radius 2 is 1.82 bits per heavy atom. The van der Waals surface area contributed by atoms with E-state index in [1.165, 1.54) is 11.3 Å². The predicted octanol–water partition coefficient (Wildman–Crippen LogP) is 2.34. The Hall–Kier alpha value is -2.40. The minimum absolute atomic E-state index is 0.767. The molecule has 0 fully saturated rings. The molecule has 0 amide bonds. The van der Waals surface area contributed by atoms with Crippen LogP contribution in [0.1, 0.15) is 5.56 Å². The maximum absolute atomic E-state index is 4.31. The van der Waals surface area contributed by atoms with Crippen molar-refractivity contribution in [2.75, 3.05) is 25.0 Å². The van der Waals surface area contributed by atoms with Crippen LogP contribution < -0.4 is 4.90 Å². The molecule has 0 saturated carbocycles. The van der Waals surface area contributed by atoms with Crippen LogP contribution in [0.2, 0.25) is 0 Å². The average molecular weight is 293 g/mol. The van der Waals surface area contributed by atoms with Gasteiger partial charge in [-0.1, -0.05) is 35.5 Å². The highest BCUT2D eigenvalue weighted by Crippen LogP contribution is 2.24. The molecule has 5 heteroatoms. The third-order valence-electron chi connectivity index (χ3n) is 4.30. The lowest BCUT2D eigenvalue weighted by molar-refractivity contribution is 0.210. The second-order valence-electron chi connectivity index (χ2n) is 5.82. The van der Waals surface area contributed by atoms with Crippen molar-refractivity contribution in [2.45, 2.75) is 13.2 Å². The van der Waals surface area contributed by atoms with E-state index in [0.29, 0.717) is 0 Å². The van der Waals surface area contributed by atoms with E-state index in [-0.39, 0.29) is 0 Å². The molecule has 0 saturated heterocycles. The van der Waals surface area contributed by atoms with Gasteiger partial charge in [0.25, 0.3) is 0 Å². The third-order valence-corrected chi connectivity index (χ3v) is 4.30. The number of likely N-dealkylation sites (N-methyl/N-ethyl adjacent to an activating group) is 1. The molecule has 0 spiro atoms. The second-order valence-corrected chi connectivity index (χ2v) is 5.82. The summed E-state index contributed by atoms with van der Waals surface area (Å²) in [7, 11) is 2.16. The highest BCUT2D eigenvalue weighted by molar-refractivity contribution is 5.73. The van der Waals surface area contributed by atoms with Gasteiger partial charge in [-0.25, -0.2) is 4.68 Å². The average Bonchev–Trinajstić information content (AvgIpc) is 2.88. The van der Waals surface area contributed by atoms with Crippen LogP contribution in [0.15, 0.2) is 48.5 Å². The van der Waals surface area contributed by atoms with Crippen molar-refractivity contribution in [1.82, 2.24) is 19.9 Å². The molecule has 112 valence electrons. The second kappa shape index (κ2) is 5.42. The van der Waals surface area contributed by atoms with Gasteiger partial charge in [0.2, 0.25) is 0 Å². The lowest BCUT2D eigenvalue weighted by Crippen LogP contribution is -2.31. The van der Waals surface area contributed by atoms with Gasteiger partial charge in [0.1, 0.15) is 5.52 Å². The summed E-state index contributed by atoms with van der Waals surface area (Å²) in [6, 6.07) is 16.7. The van der Waals surface area contributed by atoms with Gasteiger partial charge in [0.05, 0.1) is 12.2 Å². The van der Waals surface area contributed by atoms with Crippen molar-refractivity contribution in [3.05, 3.63) is 54.1 Å². The Bertz CT molecular complexity index is 794. The van der Waals surface area contributed by atoms with Crippen LogP contribution in [0, 0.1) is 0 Å². The molecule has 2 aromatic carbocycles. The summed E-state index contributed by atoms with van der Waals surface area (Å²) in [4.78, 5) is 4.75. The zero-order valence-electron chi connectivity index (χ0n) is 12.7. The van der Waals surface area contributed by atoms with Crippen LogP contribution in [0.5, 0.6) is 0 Å². The first-order chi connectivity index (χ1) is 10.8. The molecule has 1 aromatic heterocycles. The quantitative estimate of drug-likeness (QED) is 0.727. The first-order valence-electron chi connectivity index (χ1n) is 7.61. The van der Waals surface area contributed by atoms with Crippen LogP contribution in [0.3, 0.4) is 0 Å². The lowest BCUT2D eigenvalue weighted by Gasteiger charge is -2.20. The minimum Gasteiger partial charge on any atom is -0.373 e. The Labute approximate surface area is 129 Å². The number of fused-ring (bicyclic) bond motifs is 2. The molecule has 0 N–H and O–H groups in total. The van der Waals surface area contributed by atoms with Crippen molar-refractivity contribution < 1.29 is 0 Å². The first-order valence-corrected chi connectivity index (χ1v) is 7.61. The molecular formula is C17H19N5. The van der Waals surface area contributed by atoms with Gasteiger partial charge < -0.3 is 4.90 Å². The van der Waals surface area contributed by atoms with E-state index in [9.17, 15) is 0 Å². The van der Waals surface area contributed by atoms with Crippen molar-refractivity contribution in [1.29, 1.82) is 0 Å². The van der Waals surface area contributed by atoms with Crippen LogP contribution in [0.25, 0.3) is 11.0 Å². The fraction of sp³-hybridized carbons (Fsp3) is 0.294. The number of anilines is 1.